The van der Waals surface area contributed by atoms with E-state index in [1.54, 1.807) is 25.1 Å². The molecular weight excluding hydrogens is 399 g/mol. The SMILES string of the molecule is CCOc1ccc(CCC(=O)N(Cc2ccccc2F)C(C)C(=O)NC)cc1OCC. The Morgan fingerprint density at radius 2 is 1.74 bits per heavy atom. The molecule has 31 heavy (non-hydrogen) atoms. The van der Waals surface area contributed by atoms with Crippen LogP contribution in [-0.4, -0.2) is 43.0 Å². The van der Waals surface area contributed by atoms with Gasteiger partial charge in [-0.25, -0.2) is 4.39 Å². The van der Waals surface area contributed by atoms with Crippen molar-refractivity contribution >= 4 is 11.8 Å². The number of carbonyl (C=O) groups excluding carboxylic acids is 2. The summed E-state index contributed by atoms with van der Waals surface area (Å²) < 4.78 is 25.4. The molecule has 1 unspecified atom stereocenters. The molecule has 0 fully saturated rings. The maximum Gasteiger partial charge on any atom is 0.242 e. The first-order valence-electron chi connectivity index (χ1n) is 10.5. The van der Waals surface area contributed by atoms with Gasteiger partial charge >= 0.3 is 0 Å². The monoisotopic (exact) mass is 430 g/mol. The second kappa shape index (κ2) is 11.9. The van der Waals surface area contributed by atoms with Crippen LogP contribution in [0.1, 0.15) is 38.3 Å². The zero-order valence-corrected chi connectivity index (χ0v) is 18.6. The van der Waals surface area contributed by atoms with E-state index in [-0.39, 0.29) is 24.8 Å². The number of amides is 2. The van der Waals surface area contributed by atoms with Gasteiger partial charge in [-0.3, -0.25) is 9.59 Å². The Kier molecular flexibility index (Phi) is 9.31. The maximum atomic E-state index is 14.2. The minimum Gasteiger partial charge on any atom is -0.490 e. The van der Waals surface area contributed by atoms with Gasteiger partial charge in [0.1, 0.15) is 11.9 Å². The predicted octanol–water partition coefficient (Wildman–Crippen LogP) is 3.72. The molecule has 0 aromatic heterocycles. The number of hydrogen-bond donors (Lipinski definition) is 1. The van der Waals surface area contributed by atoms with Gasteiger partial charge in [0.2, 0.25) is 11.8 Å². The van der Waals surface area contributed by atoms with Gasteiger partial charge in [-0.15, -0.1) is 0 Å². The van der Waals surface area contributed by atoms with Crippen LogP contribution in [-0.2, 0) is 22.6 Å². The highest BCUT2D eigenvalue weighted by Gasteiger charge is 2.26. The third-order valence-electron chi connectivity index (χ3n) is 4.95. The molecule has 0 heterocycles. The van der Waals surface area contributed by atoms with Crippen LogP contribution in [0.15, 0.2) is 42.5 Å². The second-order valence-electron chi connectivity index (χ2n) is 7.05. The van der Waals surface area contributed by atoms with E-state index < -0.39 is 11.9 Å². The zero-order chi connectivity index (χ0) is 22.8. The molecule has 0 aliphatic rings. The average molecular weight is 431 g/mol. The van der Waals surface area contributed by atoms with Gasteiger partial charge in [0.15, 0.2) is 11.5 Å². The van der Waals surface area contributed by atoms with Gasteiger partial charge in [0, 0.05) is 25.6 Å². The van der Waals surface area contributed by atoms with E-state index in [2.05, 4.69) is 5.32 Å². The summed E-state index contributed by atoms with van der Waals surface area (Å²) in [6.45, 7) is 6.49. The van der Waals surface area contributed by atoms with Crippen molar-refractivity contribution in [2.75, 3.05) is 20.3 Å². The number of rotatable bonds is 11. The molecule has 0 spiro atoms. The minimum absolute atomic E-state index is 0.0214. The first kappa shape index (κ1) is 24.2. The number of nitrogens with one attached hydrogen (secondary N) is 1. The van der Waals surface area contributed by atoms with Gasteiger partial charge in [-0.2, -0.15) is 0 Å². The Balaban J connectivity index is 2.16. The van der Waals surface area contributed by atoms with Crippen LogP contribution in [0.3, 0.4) is 0 Å². The standard InChI is InChI=1S/C24H31FN2O4/c1-5-30-21-13-11-18(15-22(21)31-6-2)12-14-23(28)27(17(3)24(29)26-4)16-19-9-7-8-10-20(19)25/h7-11,13,15,17H,5-6,12,14,16H2,1-4H3,(H,26,29). The fourth-order valence-corrected chi connectivity index (χ4v) is 3.25. The summed E-state index contributed by atoms with van der Waals surface area (Å²) in [7, 11) is 1.51. The van der Waals surface area contributed by atoms with Crippen LogP contribution in [0.4, 0.5) is 4.39 Å². The third kappa shape index (κ3) is 6.70. The van der Waals surface area contributed by atoms with E-state index in [9.17, 15) is 14.0 Å². The molecule has 0 aliphatic carbocycles. The van der Waals surface area contributed by atoms with Crippen LogP contribution in [0, 0.1) is 5.82 Å². The van der Waals surface area contributed by atoms with Gasteiger partial charge in [-0.05, 0) is 51.0 Å². The number of nitrogens with zero attached hydrogens (tertiary/aromatic N) is 1. The second-order valence-corrected chi connectivity index (χ2v) is 7.05. The van der Waals surface area contributed by atoms with Gasteiger partial charge in [0.05, 0.1) is 13.2 Å². The molecule has 168 valence electrons. The van der Waals surface area contributed by atoms with Crippen LogP contribution in [0.2, 0.25) is 0 Å². The van der Waals surface area contributed by atoms with E-state index in [4.69, 9.17) is 9.47 Å². The van der Waals surface area contributed by atoms with Crippen molar-refractivity contribution in [2.45, 2.75) is 46.2 Å². The lowest BCUT2D eigenvalue weighted by atomic mass is 10.1. The molecule has 2 aromatic carbocycles. The molecule has 2 aromatic rings. The molecular formula is C24H31FN2O4. The van der Waals surface area contributed by atoms with E-state index in [0.29, 0.717) is 36.7 Å². The highest BCUT2D eigenvalue weighted by Crippen LogP contribution is 2.29. The lowest BCUT2D eigenvalue weighted by Gasteiger charge is -2.28. The topological polar surface area (TPSA) is 67.9 Å². The van der Waals surface area contributed by atoms with Gasteiger partial charge in [-0.1, -0.05) is 24.3 Å². The summed E-state index contributed by atoms with van der Waals surface area (Å²) in [5.74, 6) is 0.359. The highest BCUT2D eigenvalue weighted by atomic mass is 19.1. The van der Waals surface area contributed by atoms with Crippen molar-refractivity contribution in [3.8, 4) is 11.5 Å². The Hall–Kier alpha value is -3.09. The molecule has 1 N–H and O–H groups in total. The van der Waals surface area contributed by atoms with Gasteiger partial charge < -0.3 is 19.7 Å². The fourth-order valence-electron chi connectivity index (χ4n) is 3.25. The van der Waals surface area contributed by atoms with Crippen LogP contribution in [0.25, 0.3) is 0 Å². The van der Waals surface area contributed by atoms with Crippen molar-refractivity contribution in [2.24, 2.45) is 0 Å². The smallest absolute Gasteiger partial charge is 0.242 e. The lowest BCUT2D eigenvalue weighted by Crippen LogP contribution is -2.46. The highest BCUT2D eigenvalue weighted by molar-refractivity contribution is 5.87. The molecule has 0 bridgehead atoms. The molecule has 0 saturated heterocycles. The van der Waals surface area contributed by atoms with Crippen molar-refractivity contribution in [1.82, 2.24) is 10.2 Å². The quantitative estimate of drug-likeness (QED) is 0.590. The summed E-state index contributed by atoms with van der Waals surface area (Å²) in [6.07, 6.45) is 0.634. The van der Waals surface area contributed by atoms with Crippen molar-refractivity contribution in [3.05, 3.63) is 59.4 Å². The van der Waals surface area contributed by atoms with Crippen LogP contribution in [0.5, 0.6) is 11.5 Å². The molecule has 0 radical (unpaired) electrons. The summed E-state index contributed by atoms with van der Waals surface area (Å²) in [5, 5.41) is 2.56. The van der Waals surface area contributed by atoms with Gasteiger partial charge in [0.25, 0.3) is 0 Å². The van der Waals surface area contributed by atoms with E-state index in [0.717, 1.165) is 5.56 Å². The molecule has 1 atom stereocenters. The lowest BCUT2D eigenvalue weighted by molar-refractivity contribution is -0.140. The van der Waals surface area contributed by atoms with Crippen LogP contribution >= 0.6 is 0 Å². The van der Waals surface area contributed by atoms with Crippen molar-refractivity contribution in [3.63, 3.8) is 0 Å². The summed E-state index contributed by atoms with van der Waals surface area (Å²) in [5.41, 5.74) is 1.28. The average Bonchev–Trinajstić information content (AvgIpc) is 2.77. The molecule has 7 heteroatoms. The van der Waals surface area contributed by atoms with Crippen LogP contribution < -0.4 is 14.8 Å². The largest absolute Gasteiger partial charge is 0.490 e. The predicted molar refractivity (Wildman–Crippen MR) is 118 cm³/mol. The number of halogens is 1. The molecule has 0 saturated carbocycles. The Labute approximate surface area is 183 Å². The minimum atomic E-state index is -0.726. The summed E-state index contributed by atoms with van der Waals surface area (Å²) in [4.78, 5) is 26.6. The van der Waals surface area contributed by atoms with E-state index in [1.165, 1.54) is 18.0 Å². The fraction of sp³-hybridized carbons (Fsp3) is 0.417. The molecule has 2 rings (SSSR count). The Morgan fingerprint density at radius 1 is 1.06 bits per heavy atom. The van der Waals surface area contributed by atoms with E-state index in [1.807, 2.05) is 32.0 Å². The van der Waals surface area contributed by atoms with E-state index >= 15 is 0 Å². The normalized spacial score (nSPS) is 11.5. The molecule has 6 nitrogen and oxygen atoms in total. The number of ether oxygens (including phenoxy) is 2. The van der Waals surface area contributed by atoms with Crippen molar-refractivity contribution < 1.29 is 23.5 Å². The number of likely N-dealkylation sites (N-methyl/N-ethyl adjacent to an activating group) is 1. The zero-order valence-electron chi connectivity index (χ0n) is 18.6. The summed E-state index contributed by atoms with van der Waals surface area (Å²) >= 11 is 0. The number of aryl methyl sites for hydroxylation is 1. The summed E-state index contributed by atoms with van der Waals surface area (Å²) in [6, 6.07) is 11.1. The first-order valence-corrected chi connectivity index (χ1v) is 10.5. The Morgan fingerprint density at radius 3 is 2.39 bits per heavy atom. The molecule has 2 amide bonds. The molecule has 0 aliphatic heterocycles. The number of benzene rings is 2. The Bertz CT molecular complexity index is 888. The third-order valence-corrected chi connectivity index (χ3v) is 4.95. The number of carbonyl (C=O) groups is 2. The number of hydrogen-bond acceptors (Lipinski definition) is 4. The first-order chi connectivity index (χ1) is 14.9. The maximum absolute atomic E-state index is 14.2. The van der Waals surface area contributed by atoms with Crippen molar-refractivity contribution in [1.29, 1.82) is 0 Å².